The molecule has 0 spiro atoms. The Labute approximate surface area is 98.0 Å². The van der Waals surface area contributed by atoms with Gasteiger partial charge in [-0.3, -0.25) is 0 Å². The maximum Gasteiger partial charge on any atom is 0.119 e. The van der Waals surface area contributed by atoms with Gasteiger partial charge in [0.05, 0.1) is 6.61 Å². The van der Waals surface area contributed by atoms with Crippen LogP contribution in [0.2, 0.25) is 0 Å². The fourth-order valence-electron chi connectivity index (χ4n) is 1.50. The third kappa shape index (κ3) is 3.96. The zero-order valence-corrected chi connectivity index (χ0v) is 9.99. The van der Waals surface area contributed by atoms with E-state index in [1.165, 1.54) is 5.56 Å². The number of ether oxygens (including phenoxy) is 1. The minimum atomic E-state index is 0.323. The van der Waals surface area contributed by atoms with Crippen LogP contribution in [0.4, 0.5) is 0 Å². The first-order valence-corrected chi connectivity index (χ1v) is 5.67. The van der Waals surface area contributed by atoms with Gasteiger partial charge in [0.15, 0.2) is 0 Å². The average molecular weight is 217 g/mol. The molecule has 1 atom stereocenters. The maximum atomic E-state index is 5.39. The molecule has 86 valence electrons. The third-order valence-electron chi connectivity index (χ3n) is 2.41. The van der Waals surface area contributed by atoms with Crippen LogP contribution < -0.4 is 10.1 Å². The summed E-state index contributed by atoms with van der Waals surface area (Å²) < 4.78 is 5.39. The van der Waals surface area contributed by atoms with Gasteiger partial charge in [-0.05, 0) is 31.5 Å². The molecule has 0 aliphatic carbocycles. The lowest BCUT2D eigenvalue weighted by Crippen LogP contribution is -2.19. The minimum absolute atomic E-state index is 0.323. The Morgan fingerprint density at radius 3 is 2.62 bits per heavy atom. The normalized spacial score (nSPS) is 11.8. The first-order valence-electron chi connectivity index (χ1n) is 5.67. The molecule has 1 unspecified atom stereocenters. The molecule has 2 nitrogen and oxygen atoms in total. The molecule has 0 fully saturated rings. The zero-order valence-electron chi connectivity index (χ0n) is 9.99. The van der Waals surface area contributed by atoms with Gasteiger partial charge in [-0.1, -0.05) is 12.1 Å². The summed E-state index contributed by atoms with van der Waals surface area (Å²) >= 11 is 0. The second-order valence-corrected chi connectivity index (χ2v) is 3.63. The van der Waals surface area contributed by atoms with Crippen molar-refractivity contribution in [2.45, 2.75) is 26.3 Å². The predicted molar refractivity (Wildman–Crippen MR) is 67.5 cm³/mol. The lowest BCUT2D eigenvalue weighted by atomic mass is 10.1. The monoisotopic (exact) mass is 217 g/mol. The molecule has 0 aromatic heterocycles. The lowest BCUT2D eigenvalue weighted by molar-refractivity contribution is 0.340. The molecule has 0 amide bonds. The van der Waals surface area contributed by atoms with E-state index in [1.54, 1.807) is 0 Å². The Bertz CT molecular complexity index is 337. The van der Waals surface area contributed by atoms with E-state index in [0.717, 1.165) is 18.7 Å². The van der Waals surface area contributed by atoms with Crippen LogP contribution in [-0.4, -0.2) is 13.2 Å². The highest BCUT2D eigenvalue weighted by Gasteiger charge is 2.03. The number of terminal acetylenes is 1. The largest absolute Gasteiger partial charge is 0.494 e. The van der Waals surface area contributed by atoms with Gasteiger partial charge in [0.2, 0.25) is 0 Å². The van der Waals surface area contributed by atoms with Gasteiger partial charge in [-0.15, -0.1) is 12.3 Å². The summed E-state index contributed by atoms with van der Waals surface area (Å²) in [5.74, 6) is 3.54. The molecule has 0 aliphatic heterocycles. The zero-order chi connectivity index (χ0) is 11.8. The topological polar surface area (TPSA) is 21.3 Å². The van der Waals surface area contributed by atoms with E-state index in [0.29, 0.717) is 12.6 Å². The van der Waals surface area contributed by atoms with E-state index in [-0.39, 0.29) is 0 Å². The third-order valence-corrected chi connectivity index (χ3v) is 2.41. The van der Waals surface area contributed by atoms with Crippen molar-refractivity contribution in [1.82, 2.24) is 5.32 Å². The second-order valence-electron chi connectivity index (χ2n) is 3.63. The summed E-state index contributed by atoms with van der Waals surface area (Å²) in [6.45, 7) is 5.67. The van der Waals surface area contributed by atoms with Crippen LogP contribution in [0, 0.1) is 12.3 Å². The molecule has 1 N–H and O–H groups in total. The maximum absolute atomic E-state index is 5.39. The van der Waals surface area contributed by atoms with Crippen LogP contribution in [0.1, 0.15) is 31.9 Å². The number of hydrogen-bond acceptors (Lipinski definition) is 2. The van der Waals surface area contributed by atoms with Gasteiger partial charge < -0.3 is 10.1 Å². The molecule has 1 rings (SSSR count). The van der Waals surface area contributed by atoms with Crippen molar-refractivity contribution in [2.75, 3.05) is 13.2 Å². The van der Waals surface area contributed by atoms with Crippen LogP contribution in [0.5, 0.6) is 5.75 Å². The molecule has 0 saturated heterocycles. The van der Waals surface area contributed by atoms with E-state index in [4.69, 9.17) is 11.2 Å². The molecule has 0 radical (unpaired) electrons. The van der Waals surface area contributed by atoms with Gasteiger partial charge in [0.25, 0.3) is 0 Å². The van der Waals surface area contributed by atoms with Gasteiger partial charge in [-0.25, -0.2) is 0 Å². The van der Waals surface area contributed by atoms with Gasteiger partial charge in [0.1, 0.15) is 5.75 Å². The van der Waals surface area contributed by atoms with Crippen molar-refractivity contribution >= 4 is 0 Å². The van der Waals surface area contributed by atoms with E-state index in [2.05, 4.69) is 30.3 Å². The van der Waals surface area contributed by atoms with E-state index < -0.39 is 0 Å². The molecular weight excluding hydrogens is 198 g/mol. The average Bonchev–Trinajstić information content (AvgIpc) is 2.30. The SMILES string of the molecule is C#CCCNC(C)c1ccc(OCC)cc1. The number of benzene rings is 1. The summed E-state index contributed by atoms with van der Waals surface area (Å²) in [6, 6.07) is 8.48. The highest BCUT2D eigenvalue weighted by atomic mass is 16.5. The fraction of sp³-hybridized carbons (Fsp3) is 0.429. The van der Waals surface area contributed by atoms with E-state index in [1.807, 2.05) is 19.1 Å². The van der Waals surface area contributed by atoms with Crippen molar-refractivity contribution in [3.05, 3.63) is 29.8 Å². The van der Waals surface area contributed by atoms with Crippen LogP contribution in [0.25, 0.3) is 0 Å². The smallest absolute Gasteiger partial charge is 0.119 e. The Morgan fingerprint density at radius 1 is 1.38 bits per heavy atom. The molecule has 0 aliphatic rings. The van der Waals surface area contributed by atoms with Crippen molar-refractivity contribution in [1.29, 1.82) is 0 Å². The van der Waals surface area contributed by atoms with Crippen LogP contribution >= 0.6 is 0 Å². The summed E-state index contributed by atoms with van der Waals surface area (Å²) in [4.78, 5) is 0. The lowest BCUT2D eigenvalue weighted by Gasteiger charge is -2.13. The highest BCUT2D eigenvalue weighted by molar-refractivity contribution is 5.28. The van der Waals surface area contributed by atoms with E-state index >= 15 is 0 Å². The van der Waals surface area contributed by atoms with Crippen LogP contribution in [0.3, 0.4) is 0 Å². The van der Waals surface area contributed by atoms with Crippen molar-refractivity contribution in [2.24, 2.45) is 0 Å². The minimum Gasteiger partial charge on any atom is -0.494 e. The Hall–Kier alpha value is -1.46. The second kappa shape index (κ2) is 6.92. The molecule has 1 aromatic rings. The first-order chi connectivity index (χ1) is 7.77. The molecule has 0 bridgehead atoms. The van der Waals surface area contributed by atoms with Gasteiger partial charge >= 0.3 is 0 Å². The van der Waals surface area contributed by atoms with Crippen molar-refractivity contribution in [3.63, 3.8) is 0 Å². The number of nitrogens with one attached hydrogen (secondary N) is 1. The van der Waals surface area contributed by atoms with Crippen LogP contribution in [-0.2, 0) is 0 Å². The number of hydrogen-bond donors (Lipinski definition) is 1. The molecular formula is C14H19NO. The number of rotatable bonds is 6. The predicted octanol–water partition coefficient (Wildman–Crippen LogP) is 2.76. The van der Waals surface area contributed by atoms with Crippen molar-refractivity contribution < 1.29 is 4.74 Å². The fourth-order valence-corrected chi connectivity index (χ4v) is 1.50. The Balaban J connectivity index is 2.49. The highest BCUT2D eigenvalue weighted by Crippen LogP contribution is 2.17. The first kappa shape index (κ1) is 12.6. The quantitative estimate of drug-likeness (QED) is 0.584. The molecule has 16 heavy (non-hydrogen) atoms. The summed E-state index contributed by atoms with van der Waals surface area (Å²) in [6.07, 6.45) is 5.97. The Kier molecular flexibility index (Phi) is 5.45. The summed E-state index contributed by atoms with van der Waals surface area (Å²) in [5.41, 5.74) is 1.25. The summed E-state index contributed by atoms with van der Waals surface area (Å²) in [7, 11) is 0. The van der Waals surface area contributed by atoms with Gasteiger partial charge in [0, 0.05) is 19.0 Å². The van der Waals surface area contributed by atoms with E-state index in [9.17, 15) is 0 Å². The molecule has 2 heteroatoms. The molecule has 0 heterocycles. The standard InChI is InChI=1S/C14H19NO/c1-4-6-11-15-12(3)13-7-9-14(10-8-13)16-5-2/h1,7-10,12,15H,5-6,11H2,2-3H3. The Morgan fingerprint density at radius 2 is 2.06 bits per heavy atom. The van der Waals surface area contributed by atoms with Crippen molar-refractivity contribution in [3.8, 4) is 18.1 Å². The molecule has 1 aromatic carbocycles. The van der Waals surface area contributed by atoms with Gasteiger partial charge in [-0.2, -0.15) is 0 Å². The summed E-state index contributed by atoms with van der Waals surface area (Å²) in [5, 5.41) is 3.37. The molecule has 0 saturated carbocycles. The van der Waals surface area contributed by atoms with Crippen LogP contribution in [0.15, 0.2) is 24.3 Å².